The van der Waals surface area contributed by atoms with Crippen molar-refractivity contribution < 1.29 is 9.15 Å². The normalized spacial score (nSPS) is 11.4. The molecule has 0 amide bonds. The van der Waals surface area contributed by atoms with E-state index in [1.807, 2.05) is 54.0 Å². The third-order valence-electron chi connectivity index (χ3n) is 6.10. The van der Waals surface area contributed by atoms with Crippen molar-refractivity contribution in [1.82, 2.24) is 19.7 Å². The highest BCUT2D eigenvalue weighted by molar-refractivity contribution is 7.98. The minimum absolute atomic E-state index is 0.358. The van der Waals surface area contributed by atoms with Gasteiger partial charge in [-0.25, -0.2) is 4.79 Å². The Morgan fingerprint density at radius 3 is 2.47 bits per heavy atom. The maximum atomic E-state index is 12.4. The second kappa shape index (κ2) is 9.99. The van der Waals surface area contributed by atoms with E-state index in [2.05, 4.69) is 35.1 Å². The number of ether oxygens (including phenoxy) is 1. The summed E-state index contributed by atoms with van der Waals surface area (Å²) in [5, 5.41) is 10.7. The van der Waals surface area contributed by atoms with E-state index in [-0.39, 0.29) is 5.63 Å². The van der Waals surface area contributed by atoms with Crippen LogP contribution >= 0.6 is 11.8 Å². The number of rotatable bonds is 7. The lowest BCUT2D eigenvalue weighted by atomic mass is 9.95. The highest BCUT2D eigenvalue weighted by Crippen LogP contribution is 2.33. The molecule has 5 rings (SSSR count). The molecule has 0 fully saturated rings. The first-order valence-electron chi connectivity index (χ1n) is 11.6. The predicted molar refractivity (Wildman–Crippen MR) is 142 cm³/mol. The van der Waals surface area contributed by atoms with Gasteiger partial charge in [0.1, 0.15) is 11.3 Å². The Morgan fingerprint density at radius 2 is 1.78 bits per heavy atom. The number of methoxy groups -OCH3 is 1. The van der Waals surface area contributed by atoms with Crippen molar-refractivity contribution in [2.24, 2.45) is 0 Å². The molecule has 7 nitrogen and oxygen atoms in total. The number of pyridine rings is 1. The number of hydrogen-bond acceptors (Lipinski definition) is 7. The number of thioether (sulfide) groups is 1. The number of fused-ring (bicyclic) bond motifs is 1. The Hall–Kier alpha value is -3.91. The van der Waals surface area contributed by atoms with Crippen molar-refractivity contribution in [3.63, 3.8) is 0 Å². The second-order valence-corrected chi connectivity index (χ2v) is 9.76. The van der Waals surface area contributed by atoms with E-state index < -0.39 is 0 Å². The van der Waals surface area contributed by atoms with Crippen LogP contribution in [0.2, 0.25) is 0 Å². The summed E-state index contributed by atoms with van der Waals surface area (Å²) in [5.74, 6) is 2.38. The van der Waals surface area contributed by atoms with Crippen LogP contribution in [-0.4, -0.2) is 26.9 Å². The van der Waals surface area contributed by atoms with Gasteiger partial charge in [0.05, 0.1) is 7.11 Å². The first-order valence-corrected chi connectivity index (χ1v) is 12.6. The molecule has 2 aromatic carbocycles. The SMILES string of the molecule is COc1ccc(-n2c(SCc3cc(=O)oc4cc(C)c(C(C)C)cc34)nnc2-c2ccncc2)cc1. The molecule has 0 aliphatic rings. The molecule has 0 unspecified atom stereocenters. The minimum atomic E-state index is -0.358. The molecule has 0 atom stereocenters. The number of hydrogen-bond donors (Lipinski definition) is 0. The molecular weight excluding hydrogens is 472 g/mol. The molecular formula is C28H26N4O3S. The average Bonchev–Trinajstić information content (AvgIpc) is 3.31. The quantitative estimate of drug-likeness (QED) is 0.196. The summed E-state index contributed by atoms with van der Waals surface area (Å²) in [6.45, 7) is 6.38. The number of benzene rings is 2. The summed E-state index contributed by atoms with van der Waals surface area (Å²) in [5.41, 5.74) is 5.32. The van der Waals surface area contributed by atoms with E-state index in [4.69, 9.17) is 9.15 Å². The van der Waals surface area contributed by atoms with Gasteiger partial charge in [0.2, 0.25) is 0 Å². The third kappa shape index (κ3) is 4.64. The maximum Gasteiger partial charge on any atom is 0.336 e. The zero-order valence-electron chi connectivity index (χ0n) is 20.6. The number of nitrogens with zero attached hydrogens (tertiary/aromatic N) is 4. The Bertz CT molecular complexity index is 1580. The van der Waals surface area contributed by atoms with Crippen LogP contribution in [0.15, 0.2) is 81.4 Å². The molecule has 0 radical (unpaired) electrons. The maximum absolute atomic E-state index is 12.4. The molecule has 36 heavy (non-hydrogen) atoms. The van der Waals surface area contributed by atoms with Crippen LogP contribution in [0.3, 0.4) is 0 Å². The van der Waals surface area contributed by atoms with Crippen LogP contribution in [0.1, 0.15) is 36.5 Å². The molecule has 0 bridgehead atoms. The fourth-order valence-electron chi connectivity index (χ4n) is 4.29. The zero-order chi connectivity index (χ0) is 25.2. The van der Waals surface area contributed by atoms with Crippen molar-refractivity contribution in [2.45, 2.75) is 37.6 Å². The fraction of sp³-hybridized carbons (Fsp3) is 0.214. The summed E-state index contributed by atoms with van der Waals surface area (Å²) in [4.78, 5) is 16.5. The molecule has 5 aromatic rings. The van der Waals surface area contributed by atoms with E-state index in [0.717, 1.165) is 33.5 Å². The smallest absolute Gasteiger partial charge is 0.336 e. The molecule has 3 aromatic heterocycles. The summed E-state index contributed by atoms with van der Waals surface area (Å²) >= 11 is 1.52. The molecule has 182 valence electrons. The highest BCUT2D eigenvalue weighted by Gasteiger charge is 2.18. The Labute approximate surface area is 213 Å². The monoisotopic (exact) mass is 498 g/mol. The molecule has 0 aliphatic carbocycles. The van der Waals surface area contributed by atoms with Gasteiger partial charge in [-0.2, -0.15) is 0 Å². The van der Waals surface area contributed by atoms with Gasteiger partial charge in [0.15, 0.2) is 11.0 Å². The largest absolute Gasteiger partial charge is 0.497 e. The van der Waals surface area contributed by atoms with Gasteiger partial charge in [-0.1, -0.05) is 25.6 Å². The summed E-state index contributed by atoms with van der Waals surface area (Å²) in [6, 6.07) is 17.3. The third-order valence-corrected chi connectivity index (χ3v) is 7.08. The van der Waals surface area contributed by atoms with Gasteiger partial charge in [-0.05, 0) is 78.1 Å². The molecule has 0 N–H and O–H groups in total. The van der Waals surface area contributed by atoms with Crippen molar-refractivity contribution in [1.29, 1.82) is 0 Å². The average molecular weight is 499 g/mol. The van der Waals surface area contributed by atoms with Crippen LogP contribution in [-0.2, 0) is 5.75 Å². The van der Waals surface area contributed by atoms with E-state index in [9.17, 15) is 4.79 Å². The second-order valence-electron chi connectivity index (χ2n) is 8.81. The Balaban J connectivity index is 1.57. The van der Waals surface area contributed by atoms with E-state index in [1.54, 1.807) is 25.6 Å². The molecule has 0 spiro atoms. The van der Waals surface area contributed by atoms with Crippen LogP contribution in [0.5, 0.6) is 5.75 Å². The first-order chi connectivity index (χ1) is 17.4. The van der Waals surface area contributed by atoms with Crippen LogP contribution in [0.25, 0.3) is 28.0 Å². The lowest BCUT2D eigenvalue weighted by Gasteiger charge is -2.13. The lowest BCUT2D eigenvalue weighted by molar-refractivity contribution is 0.414. The van der Waals surface area contributed by atoms with Crippen LogP contribution < -0.4 is 10.4 Å². The predicted octanol–water partition coefficient (Wildman–Crippen LogP) is 6.17. The van der Waals surface area contributed by atoms with Crippen LogP contribution in [0.4, 0.5) is 0 Å². The van der Waals surface area contributed by atoms with Gasteiger partial charge in [-0.3, -0.25) is 9.55 Å². The molecule has 0 aliphatic heterocycles. The van der Waals surface area contributed by atoms with E-state index in [1.165, 1.54) is 17.3 Å². The Kier molecular flexibility index (Phi) is 6.61. The lowest BCUT2D eigenvalue weighted by Crippen LogP contribution is -2.03. The summed E-state index contributed by atoms with van der Waals surface area (Å²) in [6.07, 6.45) is 3.47. The minimum Gasteiger partial charge on any atom is -0.497 e. The number of aromatic nitrogens is 4. The van der Waals surface area contributed by atoms with Gasteiger partial charge in [0, 0.05) is 40.8 Å². The number of aryl methyl sites for hydroxylation is 1. The Morgan fingerprint density at radius 1 is 1.03 bits per heavy atom. The van der Waals surface area contributed by atoms with Gasteiger partial charge in [-0.15, -0.1) is 10.2 Å². The first kappa shape index (κ1) is 23.8. The van der Waals surface area contributed by atoms with Gasteiger partial charge in [0.25, 0.3) is 0 Å². The van der Waals surface area contributed by atoms with Crippen molar-refractivity contribution in [3.05, 3.63) is 94.1 Å². The molecule has 3 heterocycles. The molecule has 0 saturated heterocycles. The summed E-state index contributed by atoms with van der Waals surface area (Å²) in [7, 11) is 1.64. The molecule has 8 heteroatoms. The van der Waals surface area contributed by atoms with E-state index >= 15 is 0 Å². The van der Waals surface area contributed by atoms with E-state index in [0.29, 0.717) is 28.2 Å². The fourth-order valence-corrected chi connectivity index (χ4v) is 5.23. The van der Waals surface area contributed by atoms with Crippen molar-refractivity contribution in [2.75, 3.05) is 7.11 Å². The van der Waals surface area contributed by atoms with Crippen LogP contribution in [0, 0.1) is 6.92 Å². The standard InChI is InChI=1S/C28H26N4O3S/c1-17(2)23-15-24-20(14-26(33)35-25(24)13-18(23)3)16-36-28-31-30-27(19-9-11-29-12-10-19)32(28)21-5-7-22(34-4)8-6-21/h5-15,17H,16H2,1-4H3. The van der Waals surface area contributed by atoms with Crippen molar-refractivity contribution >= 4 is 22.7 Å². The van der Waals surface area contributed by atoms with Crippen molar-refractivity contribution in [3.8, 4) is 22.8 Å². The highest BCUT2D eigenvalue weighted by atomic mass is 32.2. The van der Waals surface area contributed by atoms with Gasteiger partial charge >= 0.3 is 5.63 Å². The topological polar surface area (TPSA) is 83.0 Å². The molecule has 0 saturated carbocycles. The zero-order valence-corrected chi connectivity index (χ0v) is 21.4. The van der Waals surface area contributed by atoms with Gasteiger partial charge < -0.3 is 9.15 Å². The summed E-state index contributed by atoms with van der Waals surface area (Å²) < 4.78 is 12.9.